The molecule has 3 heterocycles. The normalized spacial score (nSPS) is 15.8. The van der Waals surface area contributed by atoms with Gasteiger partial charge in [-0.05, 0) is 31.0 Å². The highest BCUT2D eigenvalue weighted by atomic mass is 32.2. The zero-order valence-electron chi connectivity index (χ0n) is 17.0. The monoisotopic (exact) mass is 466 g/mol. The number of hydrogen-bond acceptors (Lipinski definition) is 7. The SMILES string of the molecule is Cn1c(=O)c(Oc2ccc(F)cc2F)cc2cnc(NC3CCN(S(N)(=O)=O)CC3)nc21. The number of pyridine rings is 1. The van der Waals surface area contributed by atoms with Crippen LogP contribution >= 0.6 is 0 Å². The number of nitrogens with one attached hydrogen (secondary N) is 1. The van der Waals surface area contributed by atoms with Gasteiger partial charge in [0, 0.05) is 43.8 Å². The molecule has 3 aromatic rings. The molecule has 13 heteroatoms. The number of rotatable bonds is 5. The van der Waals surface area contributed by atoms with E-state index in [1.54, 1.807) is 0 Å². The zero-order chi connectivity index (χ0) is 23.0. The average Bonchev–Trinajstić information content (AvgIpc) is 2.74. The van der Waals surface area contributed by atoms with Gasteiger partial charge in [-0.2, -0.15) is 17.7 Å². The molecule has 1 aliphatic heterocycles. The Morgan fingerprint density at radius 3 is 2.56 bits per heavy atom. The van der Waals surface area contributed by atoms with E-state index in [4.69, 9.17) is 9.88 Å². The van der Waals surface area contributed by atoms with Crippen LogP contribution in [0.3, 0.4) is 0 Å². The first-order chi connectivity index (χ1) is 15.1. The van der Waals surface area contributed by atoms with E-state index in [0.29, 0.717) is 29.9 Å². The Morgan fingerprint density at radius 2 is 1.91 bits per heavy atom. The van der Waals surface area contributed by atoms with Crippen LogP contribution in [0, 0.1) is 11.6 Å². The van der Waals surface area contributed by atoms with Gasteiger partial charge in [0.2, 0.25) is 5.95 Å². The van der Waals surface area contributed by atoms with Crippen LogP contribution in [0.5, 0.6) is 11.5 Å². The molecule has 0 saturated carbocycles. The van der Waals surface area contributed by atoms with Gasteiger partial charge >= 0.3 is 0 Å². The Labute approximate surface area is 181 Å². The average molecular weight is 466 g/mol. The minimum Gasteiger partial charge on any atom is -0.448 e. The number of hydrogen-bond donors (Lipinski definition) is 2. The summed E-state index contributed by atoms with van der Waals surface area (Å²) in [6.07, 6.45) is 2.52. The van der Waals surface area contributed by atoms with Gasteiger partial charge in [-0.25, -0.2) is 18.9 Å². The molecular formula is C19H20F2N6O4S. The maximum atomic E-state index is 13.9. The van der Waals surface area contributed by atoms with E-state index in [1.807, 2.05) is 0 Å². The Balaban J connectivity index is 1.55. The topological polar surface area (TPSA) is 132 Å². The first-order valence-electron chi connectivity index (χ1n) is 9.66. The molecule has 1 aromatic carbocycles. The van der Waals surface area contributed by atoms with Crippen molar-refractivity contribution >= 4 is 27.2 Å². The van der Waals surface area contributed by atoms with Crippen molar-refractivity contribution < 1.29 is 21.9 Å². The Kier molecular flexibility index (Phi) is 5.79. The molecule has 0 amide bonds. The fourth-order valence-corrected chi connectivity index (χ4v) is 4.19. The molecule has 0 spiro atoms. The first kappa shape index (κ1) is 22.0. The smallest absolute Gasteiger partial charge is 0.294 e. The highest BCUT2D eigenvalue weighted by Crippen LogP contribution is 2.25. The fourth-order valence-electron chi connectivity index (χ4n) is 3.47. The van der Waals surface area contributed by atoms with Crippen molar-refractivity contribution in [3.63, 3.8) is 0 Å². The maximum absolute atomic E-state index is 13.9. The van der Waals surface area contributed by atoms with Crippen molar-refractivity contribution in [3.8, 4) is 11.5 Å². The van der Waals surface area contributed by atoms with E-state index in [-0.39, 0.29) is 36.6 Å². The van der Waals surface area contributed by atoms with Crippen molar-refractivity contribution in [1.82, 2.24) is 18.8 Å². The number of aryl methyl sites for hydroxylation is 1. The molecule has 0 radical (unpaired) electrons. The van der Waals surface area contributed by atoms with E-state index < -0.39 is 27.4 Å². The summed E-state index contributed by atoms with van der Waals surface area (Å²) in [4.78, 5) is 21.3. The molecule has 0 unspecified atom stereocenters. The van der Waals surface area contributed by atoms with E-state index in [0.717, 1.165) is 12.1 Å². The van der Waals surface area contributed by atoms with Crippen LogP contribution in [0.2, 0.25) is 0 Å². The third kappa shape index (κ3) is 4.54. The number of fused-ring (bicyclic) bond motifs is 1. The second-order valence-corrected chi connectivity index (χ2v) is 8.93. The van der Waals surface area contributed by atoms with E-state index in [9.17, 15) is 22.0 Å². The fraction of sp³-hybridized carbons (Fsp3) is 0.316. The summed E-state index contributed by atoms with van der Waals surface area (Å²) < 4.78 is 57.6. The van der Waals surface area contributed by atoms with Gasteiger partial charge in [0.25, 0.3) is 15.8 Å². The summed E-state index contributed by atoms with van der Waals surface area (Å²) >= 11 is 0. The standard InChI is InChI=1S/C19H20F2N6O4S/c1-26-17-11(8-16(18(26)28)31-15-3-2-12(20)9-14(15)21)10-23-19(25-17)24-13-4-6-27(7-5-13)32(22,29)30/h2-3,8-10,13H,4-7H2,1H3,(H2,22,29,30)(H,23,24,25). The number of nitrogens with two attached hydrogens (primary N) is 1. The van der Waals surface area contributed by atoms with Crippen molar-refractivity contribution in [2.75, 3.05) is 18.4 Å². The Hall–Kier alpha value is -3.16. The summed E-state index contributed by atoms with van der Waals surface area (Å²) in [6.45, 7) is 0.562. The van der Waals surface area contributed by atoms with Crippen molar-refractivity contribution in [2.24, 2.45) is 12.2 Å². The summed E-state index contributed by atoms with van der Waals surface area (Å²) in [5.41, 5.74) is -0.242. The lowest BCUT2D eigenvalue weighted by atomic mass is 10.1. The van der Waals surface area contributed by atoms with Crippen LogP contribution in [0.25, 0.3) is 11.0 Å². The highest BCUT2D eigenvalue weighted by molar-refractivity contribution is 7.86. The second-order valence-electron chi connectivity index (χ2n) is 7.38. The molecular weight excluding hydrogens is 446 g/mol. The predicted molar refractivity (Wildman–Crippen MR) is 113 cm³/mol. The number of piperidine rings is 1. The van der Waals surface area contributed by atoms with Gasteiger partial charge in [0.05, 0.1) is 0 Å². The van der Waals surface area contributed by atoms with E-state index >= 15 is 0 Å². The summed E-state index contributed by atoms with van der Waals surface area (Å²) in [6, 6.07) is 4.10. The largest absolute Gasteiger partial charge is 0.448 e. The number of halogens is 2. The number of anilines is 1. The van der Waals surface area contributed by atoms with Gasteiger partial charge < -0.3 is 10.1 Å². The third-order valence-corrected chi connectivity index (χ3v) is 6.26. The van der Waals surface area contributed by atoms with Gasteiger partial charge in [0.1, 0.15) is 11.5 Å². The van der Waals surface area contributed by atoms with Crippen LogP contribution in [0.15, 0.2) is 35.3 Å². The molecule has 4 rings (SSSR count). The molecule has 32 heavy (non-hydrogen) atoms. The van der Waals surface area contributed by atoms with Crippen LogP contribution in [0.4, 0.5) is 14.7 Å². The van der Waals surface area contributed by atoms with Gasteiger partial charge in [-0.15, -0.1) is 0 Å². The molecule has 1 fully saturated rings. The zero-order valence-corrected chi connectivity index (χ0v) is 17.8. The summed E-state index contributed by atoms with van der Waals surface area (Å²) in [7, 11) is -2.22. The quantitative estimate of drug-likeness (QED) is 0.582. The minimum atomic E-state index is -3.71. The molecule has 170 valence electrons. The molecule has 3 N–H and O–H groups in total. The number of benzene rings is 1. The molecule has 1 saturated heterocycles. The molecule has 10 nitrogen and oxygen atoms in total. The van der Waals surface area contributed by atoms with Crippen LogP contribution in [-0.4, -0.2) is 46.4 Å². The lowest BCUT2D eigenvalue weighted by Crippen LogP contribution is -2.45. The Morgan fingerprint density at radius 1 is 1.19 bits per heavy atom. The molecule has 2 aromatic heterocycles. The third-order valence-electron chi connectivity index (χ3n) is 5.18. The maximum Gasteiger partial charge on any atom is 0.294 e. The van der Waals surface area contributed by atoms with Crippen LogP contribution in [-0.2, 0) is 17.3 Å². The predicted octanol–water partition coefficient (Wildman–Crippen LogP) is 1.48. The summed E-state index contributed by atoms with van der Waals surface area (Å²) in [5, 5.41) is 8.76. The van der Waals surface area contributed by atoms with Gasteiger partial charge in [-0.1, -0.05) is 0 Å². The van der Waals surface area contributed by atoms with E-state index in [1.165, 1.54) is 28.2 Å². The van der Waals surface area contributed by atoms with Crippen molar-refractivity contribution in [1.29, 1.82) is 0 Å². The van der Waals surface area contributed by atoms with E-state index in [2.05, 4.69) is 15.3 Å². The molecule has 1 aliphatic rings. The van der Waals surface area contributed by atoms with Crippen molar-refractivity contribution in [3.05, 3.63) is 52.5 Å². The number of nitrogens with zero attached hydrogens (tertiary/aromatic N) is 4. The van der Waals surface area contributed by atoms with Crippen LogP contribution < -0.4 is 20.8 Å². The second kappa shape index (κ2) is 8.41. The van der Waals surface area contributed by atoms with Crippen molar-refractivity contribution in [2.45, 2.75) is 18.9 Å². The molecule has 0 atom stereocenters. The van der Waals surface area contributed by atoms with Gasteiger partial charge in [-0.3, -0.25) is 9.36 Å². The number of aromatic nitrogens is 3. The lowest BCUT2D eigenvalue weighted by molar-refractivity contribution is 0.329. The number of ether oxygens (including phenoxy) is 1. The van der Waals surface area contributed by atoms with Gasteiger partial charge in [0.15, 0.2) is 17.3 Å². The minimum absolute atomic E-state index is 0.0634. The van der Waals surface area contributed by atoms with Crippen LogP contribution in [0.1, 0.15) is 12.8 Å². The summed E-state index contributed by atoms with van der Waals surface area (Å²) in [5.74, 6) is -1.86. The molecule has 0 bridgehead atoms. The highest BCUT2D eigenvalue weighted by Gasteiger charge is 2.25. The molecule has 0 aliphatic carbocycles. The first-order valence-corrected chi connectivity index (χ1v) is 11.2. The lowest BCUT2D eigenvalue weighted by Gasteiger charge is -2.30. The Bertz CT molecular complexity index is 1340.